The van der Waals surface area contributed by atoms with Gasteiger partial charge in [0.2, 0.25) is 0 Å². The number of carbonyl (C=O) groups is 2. The third-order valence-corrected chi connectivity index (χ3v) is 12.9. The lowest BCUT2D eigenvalue weighted by atomic mass is 9.68. The van der Waals surface area contributed by atoms with Crippen molar-refractivity contribution in [3.63, 3.8) is 0 Å². The Hall–Kier alpha value is -4.06. The number of benzene rings is 3. The van der Waals surface area contributed by atoms with Crippen molar-refractivity contribution in [1.29, 1.82) is 0 Å². The van der Waals surface area contributed by atoms with Gasteiger partial charge in [-0.3, -0.25) is 9.69 Å². The van der Waals surface area contributed by atoms with Crippen molar-refractivity contribution in [2.45, 2.75) is 67.9 Å². The second-order valence-electron chi connectivity index (χ2n) is 14.8. The quantitative estimate of drug-likeness (QED) is 0.179. The first kappa shape index (κ1) is 35.3. The molecule has 1 saturated carbocycles. The molecule has 4 aliphatic rings. The molecule has 3 aromatic carbocycles. The zero-order valence-electron chi connectivity index (χ0n) is 29.1. The number of amides is 1. The molecule has 0 aromatic heterocycles. The maximum absolute atomic E-state index is 13.8. The zero-order valence-corrected chi connectivity index (χ0v) is 30.7. The average Bonchev–Trinajstić information content (AvgIpc) is 3.23. The molecule has 2 heterocycles. The molecule has 2 aliphatic heterocycles. The topological polar surface area (TPSA) is 114 Å². The fourth-order valence-electron chi connectivity index (χ4n) is 7.85. The standard InChI is InChI=1S/C39H44ClN3O7S/c1-38(2)36(44)41-51(46,47)30-15-18-35-33(22-30)43(24-39(25-48-35)19-7-9-26-21-28(40)14-17-32(26)39)23-27-13-16-31(27)34(12-8-20-42(38)3)50-37(45)49-29-10-5-4-6-11-29/h4-6,8,10-12,14-15,17-18,21-22,27,31,34H,7,9,13,16,19-20,23-25H2,1-3H3,(H,41,44)/b12-8+/t27-,31+,34-,39-/m0/s1. The van der Waals surface area contributed by atoms with E-state index in [1.807, 2.05) is 30.4 Å². The van der Waals surface area contributed by atoms with E-state index in [9.17, 15) is 18.0 Å². The van der Waals surface area contributed by atoms with Gasteiger partial charge in [-0.15, -0.1) is 0 Å². The van der Waals surface area contributed by atoms with Crippen molar-refractivity contribution in [2.75, 3.05) is 38.2 Å². The van der Waals surface area contributed by atoms with Gasteiger partial charge in [-0.05, 0) is 119 Å². The lowest BCUT2D eigenvalue weighted by Crippen LogP contribution is -2.54. The normalized spacial score (nSPS) is 27.7. The SMILES string of the molecule is CN1C/C=C/[C@H](OC(=O)Oc2ccccc2)[C@@H]2CC[C@H]2CN2C[C@@]3(CCCc4cc(Cl)ccc43)COc3ccc(cc32)S(=O)(=O)NC(=O)C1(C)C. The van der Waals surface area contributed by atoms with Crippen LogP contribution in [0.25, 0.3) is 0 Å². The van der Waals surface area contributed by atoms with Crippen molar-refractivity contribution < 1.29 is 32.2 Å². The van der Waals surface area contributed by atoms with Crippen LogP contribution in [0.15, 0.2) is 83.8 Å². The average molecular weight is 734 g/mol. The number of halogens is 1. The predicted molar refractivity (Wildman–Crippen MR) is 195 cm³/mol. The van der Waals surface area contributed by atoms with E-state index < -0.39 is 33.7 Å². The number of fused-ring (bicyclic) bond motifs is 4. The van der Waals surface area contributed by atoms with E-state index in [2.05, 4.69) is 15.7 Å². The molecular weight excluding hydrogens is 690 g/mol. The van der Waals surface area contributed by atoms with Crippen molar-refractivity contribution in [1.82, 2.24) is 9.62 Å². The summed E-state index contributed by atoms with van der Waals surface area (Å²) in [7, 11) is -2.48. The summed E-state index contributed by atoms with van der Waals surface area (Å²) in [4.78, 5) is 30.7. The van der Waals surface area contributed by atoms with Gasteiger partial charge in [0.15, 0.2) is 0 Å². The number of likely N-dealkylation sites (N-methyl/N-ethyl adjacent to an activating group) is 1. The summed E-state index contributed by atoms with van der Waals surface area (Å²) in [5.74, 6) is 0.399. The summed E-state index contributed by atoms with van der Waals surface area (Å²) in [6.45, 7) is 5.23. The number of sulfonamides is 1. The predicted octanol–water partition coefficient (Wildman–Crippen LogP) is 6.51. The van der Waals surface area contributed by atoms with Gasteiger partial charge in [0.25, 0.3) is 15.9 Å². The molecule has 1 N–H and O–H groups in total. The van der Waals surface area contributed by atoms with E-state index in [0.717, 1.165) is 32.1 Å². The second kappa shape index (κ2) is 13.8. The molecule has 0 unspecified atom stereocenters. The molecule has 1 spiro atoms. The molecule has 12 heteroatoms. The van der Waals surface area contributed by atoms with Crippen LogP contribution in [-0.2, 0) is 31.4 Å². The molecule has 4 atom stereocenters. The molecule has 0 radical (unpaired) electrons. The third-order valence-electron chi connectivity index (χ3n) is 11.3. The first-order chi connectivity index (χ1) is 24.3. The van der Waals surface area contributed by atoms with Crippen LogP contribution in [-0.4, -0.2) is 70.3 Å². The van der Waals surface area contributed by atoms with Gasteiger partial charge in [0.1, 0.15) is 17.6 Å². The highest BCUT2D eigenvalue weighted by Crippen LogP contribution is 2.47. The number of para-hydroxylation sites is 1. The van der Waals surface area contributed by atoms with Crippen LogP contribution in [0.5, 0.6) is 11.5 Å². The van der Waals surface area contributed by atoms with Gasteiger partial charge in [-0.1, -0.05) is 41.9 Å². The summed E-state index contributed by atoms with van der Waals surface area (Å²) >= 11 is 6.44. The Labute approximate surface area is 304 Å². The van der Waals surface area contributed by atoms with Crippen LogP contribution in [0.3, 0.4) is 0 Å². The van der Waals surface area contributed by atoms with E-state index in [1.165, 1.54) is 17.2 Å². The minimum Gasteiger partial charge on any atom is -0.490 e. The van der Waals surface area contributed by atoms with Gasteiger partial charge in [0.05, 0.1) is 22.7 Å². The van der Waals surface area contributed by atoms with E-state index in [1.54, 1.807) is 62.2 Å². The number of nitrogens with zero attached hydrogens (tertiary/aromatic N) is 2. The molecule has 10 nitrogen and oxygen atoms in total. The van der Waals surface area contributed by atoms with Gasteiger partial charge >= 0.3 is 6.16 Å². The minimum atomic E-state index is -4.22. The van der Waals surface area contributed by atoms with Crippen LogP contribution in [0.1, 0.15) is 50.7 Å². The Morgan fingerprint density at radius 2 is 1.86 bits per heavy atom. The Morgan fingerprint density at radius 3 is 2.63 bits per heavy atom. The third kappa shape index (κ3) is 7.08. The van der Waals surface area contributed by atoms with Crippen LogP contribution in [0, 0.1) is 11.8 Å². The molecular formula is C39H44ClN3O7S. The highest BCUT2D eigenvalue weighted by molar-refractivity contribution is 7.90. The molecule has 7 rings (SSSR count). The zero-order chi connectivity index (χ0) is 36.0. The van der Waals surface area contributed by atoms with Gasteiger partial charge in [-0.25, -0.2) is 17.9 Å². The first-order valence-electron chi connectivity index (χ1n) is 17.5. The summed E-state index contributed by atoms with van der Waals surface area (Å²) in [5.41, 5.74) is 1.49. The van der Waals surface area contributed by atoms with Crippen LogP contribution in [0.2, 0.25) is 5.02 Å². The maximum atomic E-state index is 13.8. The number of hydrogen-bond donors (Lipinski definition) is 1. The highest BCUT2D eigenvalue weighted by Gasteiger charge is 2.45. The Bertz CT molecular complexity index is 1950. The highest BCUT2D eigenvalue weighted by atomic mass is 35.5. The Balaban J connectivity index is 1.28. The molecule has 2 bridgehead atoms. The minimum absolute atomic E-state index is 0.0181. The monoisotopic (exact) mass is 733 g/mol. The van der Waals surface area contributed by atoms with Gasteiger partial charge in [0, 0.05) is 36.0 Å². The number of rotatable bonds is 2. The number of hydrogen-bond acceptors (Lipinski definition) is 9. The fourth-order valence-corrected chi connectivity index (χ4v) is 9.17. The lowest BCUT2D eigenvalue weighted by Gasteiger charge is -2.45. The van der Waals surface area contributed by atoms with E-state index in [4.69, 9.17) is 25.8 Å². The summed E-state index contributed by atoms with van der Waals surface area (Å²) < 4.78 is 48.0. The van der Waals surface area contributed by atoms with Crippen LogP contribution < -0.4 is 19.1 Å². The van der Waals surface area contributed by atoms with Gasteiger partial charge in [-0.2, -0.15) is 0 Å². The summed E-state index contributed by atoms with van der Waals surface area (Å²) in [5, 5.41) is 0.696. The Morgan fingerprint density at radius 1 is 1.06 bits per heavy atom. The molecule has 1 fully saturated rings. The van der Waals surface area contributed by atoms with Gasteiger partial charge < -0.3 is 19.1 Å². The molecule has 2 aliphatic carbocycles. The number of anilines is 1. The Kier molecular flexibility index (Phi) is 9.58. The van der Waals surface area contributed by atoms with E-state index >= 15 is 0 Å². The van der Waals surface area contributed by atoms with Crippen molar-refractivity contribution in [2.24, 2.45) is 11.8 Å². The number of aryl methyl sites for hydroxylation is 1. The molecule has 0 saturated heterocycles. The molecule has 270 valence electrons. The smallest absolute Gasteiger partial charge is 0.490 e. The van der Waals surface area contributed by atoms with E-state index in [0.29, 0.717) is 48.5 Å². The summed E-state index contributed by atoms with van der Waals surface area (Å²) in [6.07, 6.45) is 6.88. The molecule has 51 heavy (non-hydrogen) atoms. The van der Waals surface area contributed by atoms with Crippen molar-refractivity contribution in [3.8, 4) is 11.5 Å². The number of carbonyl (C=O) groups excluding carboxylic acids is 2. The van der Waals surface area contributed by atoms with Crippen LogP contribution in [0.4, 0.5) is 10.5 Å². The van der Waals surface area contributed by atoms with E-state index in [-0.39, 0.29) is 22.1 Å². The van der Waals surface area contributed by atoms with Crippen molar-refractivity contribution >= 4 is 39.4 Å². The maximum Gasteiger partial charge on any atom is 0.514 e. The largest absolute Gasteiger partial charge is 0.514 e. The fraction of sp³-hybridized carbons (Fsp3) is 0.436. The summed E-state index contributed by atoms with van der Waals surface area (Å²) in [6, 6.07) is 19.7. The molecule has 1 amide bonds. The van der Waals surface area contributed by atoms with Crippen molar-refractivity contribution in [3.05, 3.63) is 95.0 Å². The second-order valence-corrected chi connectivity index (χ2v) is 16.9. The van der Waals surface area contributed by atoms with Crippen LogP contribution >= 0.6 is 11.6 Å². The number of nitrogens with one attached hydrogen (secondary N) is 1. The number of ether oxygens (including phenoxy) is 3. The molecule has 3 aromatic rings. The lowest BCUT2D eigenvalue weighted by molar-refractivity contribution is -0.128. The first-order valence-corrected chi connectivity index (χ1v) is 19.4.